The van der Waals surface area contributed by atoms with Gasteiger partial charge in [-0.15, -0.1) is 0 Å². The monoisotopic (exact) mass is 375 g/mol. The van der Waals surface area contributed by atoms with Crippen LogP contribution in [0.1, 0.15) is 24.0 Å². The molecule has 0 aliphatic heterocycles. The van der Waals surface area contributed by atoms with Crippen LogP contribution in [0, 0.1) is 11.8 Å². The van der Waals surface area contributed by atoms with E-state index < -0.39 is 5.97 Å². The predicted molar refractivity (Wildman–Crippen MR) is 111 cm³/mol. The molecule has 0 atom stereocenters. The highest BCUT2D eigenvalue weighted by molar-refractivity contribution is 8.14. The fraction of sp³-hybridized carbons (Fsp3) is 0.0909. The molecule has 0 saturated carbocycles. The van der Waals surface area contributed by atoms with Crippen molar-refractivity contribution in [2.45, 2.75) is 6.92 Å². The normalized spacial score (nSPS) is 11.1. The van der Waals surface area contributed by atoms with Crippen LogP contribution in [0.15, 0.2) is 70.6 Å². The van der Waals surface area contributed by atoms with E-state index >= 15 is 0 Å². The quantitative estimate of drug-likeness (QED) is 0.394. The van der Waals surface area contributed by atoms with Gasteiger partial charge in [0.1, 0.15) is 0 Å². The average Bonchev–Trinajstić information content (AvgIpc) is 3.14. The summed E-state index contributed by atoms with van der Waals surface area (Å²) in [5.41, 5.74) is 1.34. The highest BCUT2D eigenvalue weighted by Crippen LogP contribution is 2.19. The Hall–Kier alpha value is -3.23. The van der Waals surface area contributed by atoms with E-state index in [1.807, 2.05) is 30.3 Å². The molecule has 0 bridgehead atoms. The third kappa shape index (κ3) is 5.13. The number of carbonyl (C=O) groups is 1. The number of hydrogen-bond acceptors (Lipinski definition) is 4. The third-order valence-corrected chi connectivity index (χ3v) is 4.57. The van der Waals surface area contributed by atoms with E-state index in [1.54, 1.807) is 19.1 Å². The van der Waals surface area contributed by atoms with Gasteiger partial charge in [0.15, 0.2) is 11.5 Å². The zero-order valence-corrected chi connectivity index (χ0v) is 15.5. The lowest BCUT2D eigenvalue weighted by molar-refractivity contribution is -0.133. The number of furan rings is 1. The lowest BCUT2D eigenvalue weighted by Gasteiger charge is -1.99. The fourth-order valence-corrected chi connectivity index (χ4v) is 2.91. The molecule has 0 unspecified atom stereocenters. The molecule has 1 heterocycles. The fourth-order valence-electron chi connectivity index (χ4n) is 2.40. The molecule has 0 radical (unpaired) electrons. The second-order valence-corrected chi connectivity index (χ2v) is 6.90. The number of hydrogen-bond donors (Lipinski definition) is 1. The SMILES string of the molecule is C=C(N=C(C)SCC(=O)O)c1ccc(C#Cc2ccc3ccccc3c2)o1. The van der Waals surface area contributed by atoms with E-state index in [4.69, 9.17) is 9.52 Å². The summed E-state index contributed by atoms with van der Waals surface area (Å²) in [5, 5.41) is 11.6. The number of carboxylic acid groups (broad SMARTS) is 1. The molecule has 2 aromatic carbocycles. The number of benzene rings is 2. The number of aliphatic imine (C=N–C) groups is 1. The van der Waals surface area contributed by atoms with Crippen LogP contribution in [0.3, 0.4) is 0 Å². The second-order valence-electron chi connectivity index (χ2n) is 5.74. The number of aliphatic carboxylic acids is 1. The Morgan fingerprint density at radius 1 is 1.15 bits per heavy atom. The summed E-state index contributed by atoms with van der Waals surface area (Å²) in [6.45, 7) is 5.61. The van der Waals surface area contributed by atoms with Gasteiger partial charge in [0, 0.05) is 5.56 Å². The molecule has 0 amide bonds. The molecule has 0 aliphatic carbocycles. The van der Waals surface area contributed by atoms with E-state index in [9.17, 15) is 4.79 Å². The Morgan fingerprint density at radius 3 is 2.70 bits per heavy atom. The molecule has 0 aliphatic rings. The van der Waals surface area contributed by atoms with Crippen molar-refractivity contribution in [2.24, 2.45) is 4.99 Å². The minimum atomic E-state index is -0.885. The summed E-state index contributed by atoms with van der Waals surface area (Å²) in [6.07, 6.45) is 0. The van der Waals surface area contributed by atoms with Crippen molar-refractivity contribution >= 4 is 39.2 Å². The maximum absolute atomic E-state index is 10.6. The maximum atomic E-state index is 10.6. The molecule has 134 valence electrons. The van der Waals surface area contributed by atoms with Gasteiger partial charge in [0.25, 0.3) is 0 Å². The van der Waals surface area contributed by atoms with Crippen LogP contribution < -0.4 is 0 Å². The maximum Gasteiger partial charge on any atom is 0.313 e. The first-order valence-corrected chi connectivity index (χ1v) is 9.19. The minimum Gasteiger partial charge on any atom is -0.481 e. The largest absolute Gasteiger partial charge is 0.481 e. The van der Waals surface area contributed by atoms with Crippen LogP contribution in [-0.4, -0.2) is 21.9 Å². The first kappa shape index (κ1) is 18.6. The van der Waals surface area contributed by atoms with Crippen molar-refractivity contribution in [3.05, 3.63) is 78.3 Å². The second kappa shape index (κ2) is 8.43. The van der Waals surface area contributed by atoms with Gasteiger partial charge in [-0.2, -0.15) is 0 Å². The highest BCUT2D eigenvalue weighted by Gasteiger charge is 2.06. The first-order valence-electron chi connectivity index (χ1n) is 8.21. The summed E-state index contributed by atoms with van der Waals surface area (Å²) in [5.74, 6) is 6.21. The van der Waals surface area contributed by atoms with Gasteiger partial charge in [-0.25, -0.2) is 4.99 Å². The number of carboxylic acids is 1. The van der Waals surface area contributed by atoms with E-state index in [-0.39, 0.29) is 5.75 Å². The van der Waals surface area contributed by atoms with Crippen LogP contribution in [0.5, 0.6) is 0 Å². The lowest BCUT2D eigenvalue weighted by Crippen LogP contribution is -2.00. The Balaban J connectivity index is 1.72. The van der Waals surface area contributed by atoms with Crippen molar-refractivity contribution in [3.8, 4) is 11.8 Å². The molecule has 27 heavy (non-hydrogen) atoms. The van der Waals surface area contributed by atoms with Crippen LogP contribution >= 0.6 is 11.8 Å². The molecular weight excluding hydrogens is 358 g/mol. The summed E-state index contributed by atoms with van der Waals surface area (Å²) < 4.78 is 5.68. The van der Waals surface area contributed by atoms with Crippen molar-refractivity contribution in [1.29, 1.82) is 0 Å². The number of thioether (sulfide) groups is 1. The van der Waals surface area contributed by atoms with Gasteiger partial charge < -0.3 is 9.52 Å². The summed E-state index contributed by atoms with van der Waals surface area (Å²) >= 11 is 1.14. The number of fused-ring (bicyclic) bond motifs is 1. The molecule has 1 aromatic heterocycles. The van der Waals surface area contributed by atoms with E-state index in [2.05, 4.69) is 35.5 Å². The Morgan fingerprint density at radius 2 is 1.93 bits per heavy atom. The summed E-state index contributed by atoms with van der Waals surface area (Å²) in [6, 6.07) is 17.7. The van der Waals surface area contributed by atoms with Crippen LogP contribution in [0.2, 0.25) is 0 Å². The molecular formula is C22H17NO3S. The third-order valence-electron chi connectivity index (χ3n) is 3.67. The summed E-state index contributed by atoms with van der Waals surface area (Å²) in [7, 11) is 0. The van der Waals surface area contributed by atoms with Crippen LogP contribution in [0.4, 0.5) is 0 Å². The predicted octanol–water partition coefficient (Wildman–Crippen LogP) is 5.04. The molecule has 1 N–H and O–H groups in total. The van der Waals surface area contributed by atoms with E-state index in [0.29, 0.717) is 22.3 Å². The highest BCUT2D eigenvalue weighted by atomic mass is 32.2. The molecule has 0 fully saturated rings. The van der Waals surface area contributed by atoms with Crippen molar-refractivity contribution in [1.82, 2.24) is 0 Å². The van der Waals surface area contributed by atoms with Crippen LogP contribution in [-0.2, 0) is 4.79 Å². The average molecular weight is 375 g/mol. The molecule has 0 spiro atoms. The Bertz CT molecular complexity index is 1100. The zero-order chi connectivity index (χ0) is 19.2. The van der Waals surface area contributed by atoms with Gasteiger partial charge in [0.2, 0.25) is 0 Å². The standard InChI is InChI=1S/C22H17NO3S/c1-15(23-16(2)27-14-22(24)25)21-12-11-20(26-21)10-8-17-7-9-18-5-3-4-6-19(18)13-17/h3-7,9,11-13H,1,14H2,2H3,(H,24,25). The molecule has 5 heteroatoms. The smallest absolute Gasteiger partial charge is 0.313 e. The first-order chi connectivity index (χ1) is 13.0. The van der Waals surface area contributed by atoms with Crippen molar-refractivity contribution in [3.63, 3.8) is 0 Å². The number of rotatable bonds is 4. The molecule has 3 aromatic rings. The number of nitrogens with zero attached hydrogens (tertiary/aromatic N) is 1. The van der Waals surface area contributed by atoms with E-state index in [0.717, 1.165) is 22.7 Å². The van der Waals surface area contributed by atoms with Gasteiger partial charge in [-0.1, -0.05) is 54.6 Å². The van der Waals surface area contributed by atoms with E-state index in [1.165, 1.54) is 5.39 Å². The lowest BCUT2D eigenvalue weighted by atomic mass is 10.1. The van der Waals surface area contributed by atoms with Crippen molar-refractivity contribution in [2.75, 3.05) is 5.75 Å². The Labute approximate surface area is 161 Å². The van der Waals surface area contributed by atoms with Gasteiger partial charge in [-0.3, -0.25) is 4.79 Å². The molecule has 3 rings (SSSR count). The zero-order valence-electron chi connectivity index (χ0n) is 14.7. The van der Waals surface area contributed by atoms with Gasteiger partial charge in [-0.05, 0) is 47.9 Å². The van der Waals surface area contributed by atoms with Crippen LogP contribution in [0.25, 0.3) is 16.5 Å². The topological polar surface area (TPSA) is 62.8 Å². The van der Waals surface area contributed by atoms with Crippen molar-refractivity contribution < 1.29 is 14.3 Å². The Kier molecular flexibility index (Phi) is 5.80. The molecule has 0 saturated heterocycles. The molecule has 4 nitrogen and oxygen atoms in total. The van der Waals surface area contributed by atoms with Gasteiger partial charge >= 0.3 is 5.97 Å². The van der Waals surface area contributed by atoms with Gasteiger partial charge in [0.05, 0.1) is 16.5 Å². The minimum absolute atomic E-state index is 0.0384. The summed E-state index contributed by atoms with van der Waals surface area (Å²) in [4.78, 5) is 14.9.